The van der Waals surface area contributed by atoms with Gasteiger partial charge < -0.3 is 4.74 Å². The molecule has 4 heteroatoms. The van der Waals surface area contributed by atoms with Crippen molar-refractivity contribution in [1.82, 2.24) is 0 Å². The third-order valence-corrected chi connectivity index (χ3v) is 4.15. The van der Waals surface area contributed by atoms with Crippen molar-refractivity contribution < 1.29 is 9.53 Å². The van der Waals surface area contributed by atoms with Crippen molar-refractivity contribution in [3.8, 4) is 0 Å². The van der Waals surface area contributed by atoms with E-state index in [4.69, 9.17) is 4.74 Å². The molecule has 0 heterocycles. The first-order chi connectivity index (χ1) is 7.38. The number of thiol groups is 1. The predicted octanol–water partition coefficient (Wildman–Crippen LogP) is 3.47. The van der Waals surface area contributed by atoms with E-state index >= 15 is 0 Å². The molecule has 0 saturated carbocycles. The molecule has 1 aromatic rings. The van der Waals surface area contributed by atoms with E-state index in [1.54, 1.807) is 18.2 Å². The number of carbonyl (C=O) groups excluding carboxylic acids is 1. The Balaban J connectivity index is 2.47. The normalized spacial score (nSPS) is 11.2. The second-order valence-corrected chi connectivity index (χ2v) is 11.1. The molecule has 0 aliphatic carbocycles. The summed E-state index contributed by atoms with van der Waals surface area (Å²) in [6.45, 7) is 7.30. The highest BCUT2D eigenvalue weighted by molar-refractivity contribution is 7.80. The van der Waals surface area contributed by atoms with Gasteiger partial charge in [0.1, 0.15) is 0 Å². The minimum absolute atomic E-state index is 0.255. The molecule has 0 fully saturated rings. The van der Waals surface area contributed by atoms with Crippen LogP contribution in [0.5, 0.6) is 0 Å². The highest BCUT2D eigenvalue weighted by Gasteiger charge is 2.14. The highest BCUT2D eigenvalue weighted by Crippen LogP contribution is 2.12. The summed E-state index contributed by atoms with van der Waals surface area (Å²) in [7, 11) is -1.13. The summed E-state index contributed by atoms with van der Waals surface area (Å²) in [4.78, 5) is 12.4. The van der Waals surface area contributed by atoms with Crippen LogP contribution < -0.4 is 0 Å². The molecule has 1 aromatic carbocycles. The van der Waals surface area contributed by atoms with E-state index in [9.17, 15) is 4.79 Å². The first-order valence-corrected chi connectivity index (χ1v) is 9.50. The van der Waals surface area contributed by atoms with Gasteiger partial charge in [-0.05, 0) is 24.2 Å². The van der Waals surface area contributed by atoms with E-state index in [-0.39, 0.29) is 5.97 Å². The van der Waals surface area contributed by atoms with Crippen LogP contribution in [-0.2, 0) is 4.74 Å². The van der Waals surface area contributed by atoms with Gasteiger partial charge in [-0.2, -0.15) is 0 Å². The summed E-state index contributed by atoms with van der Waals surface area (Å²) in [5.74, 6) is -0.255. The summed E-state index contributed by atoms with van der Waals surface area (Å²) >= 11 is 4.18. The average Bonchev–Trinajstić information content (AvgIpc) is 2.15. The second-order valence-electron chi connectivity index (χ2n) is 5.00. The first kappa shape index (κ1) is 13.3. The lowest BCUT2D eigenvalue weighted by Crippen LogP contribution is -2.22. The predicted molar refractivity (Wildman–Crippen MR) is 72.1 cm³/mol. The van der Waals surface area contributed by atoms with Crippen molar-refractivity contribution in [2.45, 2.75) is 30.6 Å². The molecular formula is C12H18O2SSi. The molecule has 2 nitrogen and oxygen atoms in total. The van der Waals surface area contributed by atoms with Crippen LogP contribution in [0.25, 0.3) is 0 Å². The van der Waals surface area contributed by atoms with Gasteiger partial charge in [0.15, 0.2) is 0 Å². The zero-order chi connectivity index (χ0) is 12.2. The van der Waals surface area contributed by atoms with Crippen LogP contribution in [0.1, 0.15) is 10.4 Å². The van der Waals surface area contributed by atoms with Crippen molar-refractivity contribution in [3.05, 3.63) is 29.8 Å². The number of benzene rings is 1. The SMILES string of the molecule is C[Si](C)(C)CCOC(=O)c1cccc(S)c1. The Kier molecular flexibility index (Phi) is 4.62. The van der Waals surface area contributed by atoms with E-state index in [1.165, 1.54) is 0 Å². The molecule has 0 aromatic heterocycles. The van der Waals surface area contributed by atoms with Crippen molar-refractivity contribution in [2.24, 2.45) is 0 Å². The molecule has 0 aliphatic heterocycles. The van der Waals surface area contributed by atoms with Crippen LogP contribution in [0.4, 0.5) is 0 Å². The molecule has 16 heavy (non-hydrogen) atoms. The summed E-state index contributed by atoms with van der Waals surface area (Å²) in [5, 5.41) is 0. The number of carbonyl (C=O) groups is 1. The summed E-state index contributed by atoms with van der Waals surface area (Å²) < 4.78 is 5.22. The van der Waals surface area contributed by atoms with Gasteiger partial charge in [0, 0.05) is 13.0 Å². The molecule has 0 aliphatic rings. The molecule has 0 atom stereocenters. The maximum absolute atomic E-state index is 11.6. The van der Waals surface area contributed by atoms with Gasteiger partial charge in [0.05, 0.1) is 12.2 Å². The lowest BCUT2D eigenvalue weighted by molar-refractivity contribution is 0.0525. The summed E-state index contributed by atoms with van der Waals surface area (Å²) in [6, 6.07) is 8.11. The number of rotatable bonds is 4. The number of esters is 1. The van der Waals surface area contributed by atoms with Crippen molar-refractivity contribution >= 4 is 26.7 Å². The van der Waals surface area contributed by atoms with E-state index in [2.05, 4.69) is 32.3 Å². The van der Waals surface area contributed by atoms with Crippen LogP contribution >= 0.6 is 12.6 Å². The van der Waals surface area contributed by atoms with Gasteiger partial charge in [0.2, 0.25) is 0 Å². The Bertz CT molecular complexity index is 372. The zero-order valence-electron chi connectivity index (χ0n) is 9.99. The number of ether oxygens (including phenoxy) is 1. The minimum Gasteiger partial charge on any atom is -0.462 e. The Morgan fingerprint density at radius 1 is 1.38 bits per heavy atom. The number of hydrogen-bond donors (Lipinski definition) is 1. The van der Waals surface area contributed by atoms with Crippen LogP contribution in [0, 0.1) is 0 Å². The molecule has 0 saturated heterocycles. The van der Waals surface area contributed by atoms with E-state index in [0.29, 0.717) is 12.2 Å². The van der Waals surface area contributed by atoms with E-state index in [0.717, 1.165) is 10.9 Å². The Hall–Kier alpha value is -0.743. The third-order valence-electron chi connectivity index (χ3n) is 2.17. The topological polar surface area (TPSA) is 26.3 Å². The fourth-order valence-corrected chi connectivity index (χ4v) is 2.11. The maximum Gasteiger partial charge on any atom is 0.338 e. The van der Waals surface area contributed by atoms with Crippen LogP contribution in [0.3, 0.4) is 0 Å². The fourth-order valence-electron chi connectivity index (χ4n) is 1.17. The molecule has 0 spiro atoms. The quantitative estimate of drug-likeness (QED) is 0.506. The van der Waals surface area contributed by atoms with Gasteiger partial charge in [-0.1, -0.05) is 25.7 Å². The molecule has 0 bridgehead atoms. The Morgan fingerprint density at radius 2 is 2.06 bits per heavy atom. The minimum atomic E-state index is -1.13. The molecule has 0 unspecified atom stereocenters. The third kappa shape index (κ3) is 4.85. The van der Waals surface area contributed by atoms with Crippen LogP contribution in [0.2, 0.25) is 25.7 Å². The standard InChI is InChI=1S/C12H18O2SSi/c1-16(2,3)8-7-14-12(13)10-5-4-6-11(15)9-10/h4-6,9,15H,7-8H2,1-3H3. The monoisotopic (exact) mass is 254 g/mol. The van der Waals surface area contributed by atoms with Gasteiger partial charge >= 0.3 is 5.97 Å². The van der Waals surface area contributed by atoms with Gasteiger partial charge in [-0.3, -0.25) is 0 Å². The number of hydrogen-bond acceptors (Lipinski definition) is 3. The van der Waals surface area contributed by atoms with Crippen molar-refractivity contribution in [3.63, 3.8) is 0 Å². The van der Waals surface area contributed by atoms with Crippen molar-refractivity contribution in [2.75, 3.05) is 6.61 Å². The largest absolute Gasteiger partial charge is 0.462 e. The summed E-state index contributed by atoms with van der Waals surface area (Å²) in [6.07, 6.45) is 0. The molecular weight excluding hydrogens is 236 g/mol. The smallest absolute Gasteiger partial charge is 0.338 e. The first-order valence-electron chi connectivity index (χ1n) is 5.35. The second kappa shape index (κ2) is 5.55. The highest BCUT2D eigenvalue weighted by atomic mass is 32.1. The van der Waals surface area contributed by atoms with E-state index < -0.39 is 8.07 Å². The van der Waals surface area contributed by atoms with E-state index in [1.807, 2.05) is 6.07 Å². The van der Waals surface area contributed by atoms with Gasteiger partial charge in [-0.15, -0.1) is 12.6 Å². The average molecular weight is 254 g/mol. The molecule has 1 rings (SSSR count). The molecule has 0 radical (unpaired) electrons. The fraction of sp³-hybridized carbons (Fsp3) is 0.417. The molecule has 0 amide bonds. The Morgan fingerprint density at radius 3 is 2.62 bits per heavy atom. The lowest BCUT2D eigenvalue weighted by atomic mass is 10.2. The van der Waals surface area contributed by atoms with Crippen LogP contribution in [0.15, 0.2) is 29.2 Å². The lowest BCUT2D eigenvalue weighted by Gasteiger charge is -2.15. The van der Waals surface area contributed by atoms with Crippen LogP contribution in [-0.4, -0.2) is 20.7 Å². The zero-order valence-corrected chi connectivity index (χ0v) is 11.9. The Labute approximate surface area is 103 Å². The molecule has 88 valence electrons. The summed E-state index contributed by atoms with van der Waals surface area (Å²) in [5.41, 5.74) is 0.572. The van der Waals surface area contributed by atoms with Crippen molar-refractivity contribution in [1.29, 1.82) is 0 Å². The van der Waals surface area contributed by atoms with Gasteiger partial charge in [0.25, 0.3) is 0 Å². The van der Waals surface area contributed by atoms with Gasteiger partial charge in [-0.25, -0.2) is 4.79 Å². The molecule has 0 N–H and O–H groups in total. The maximum atomic E-state index is 11.6.